The fraction of sp³-hybridized carbons (Fsp3) is 0.476. The van der Waals surface area contributed by atoms with Gasteiger partial charge in [0, 0.05) is 12.2 Å². The molecule has 1 saturated carbocycles. The summed E-state index contributed by atoms with van der Waals surface area (Å²) in [6.07, 6.45) is 6.36. The Morgan fingerprint density at radius 2 is 1.73 bits per heavy atom. The molecule has 1 aromatic carbocycles. The SMILES string of the molecule is CCOc1ccc(C2CCC(Nc3ccnc(OC)c3OC)CC2)cc1. The van der Waals surface area contributed by atoms with Crippen molar-refractivity contribution in [3.63, 3.8) is 0 Å². The largest absolute Gasteiger partial charge is 0.494 e. The van der Waals surface area contributed by atoms with E-state index in [-0.39, 0.29) is 0 Å². The number of ether oxygens (including phenoxy) is 3. The van der Waals surface area contributed by atoms with Crippen molar-refractivity contribution >= 4 is 5.69 Å². The first kappa shape index (κ1) is 18.4. The van der Waals surface area contributed by atoms with Crippen molar-refractivity contribution in [3.05, 3.63) is 42.1 Å². The maximum absolute atomic E-state index is 5.54. The number of aromatic nitrogens is 1. The van der Waals surface area contributed by atoms with Crippen LogP contribution in [0, 0.1) is 0 Å². The molecule has 140 valence electrons. The smallest absolute Gasteiger partial charge is 0.258 e. The molecular weight excluding hydrogens is 328 g/mol. The maximum atomic E-state index is 5.54. The Morgan fingerprint density at radius 3 is 2.35 bits per heavy atom. The van der Waals surface area contributed by atoms with E-state index in [2.05, 4.69) is 34.6 Å². The van der Waals surface area contributed by atoms with Gasteiger partial charge in [-0.3, -0.25) is 0 Å². The summed E-state index contributed by atoms with van der Waals surface area (Å²) >= 11 is 0. The lowest BCUT2D eigenvalue weighted by Crippen LogP contribution is -2.25. The fourth-order valence-corrected chi connectivity index (χ4v) is 3.68. The third-order valence-corrected chi connectivity index (χ3v) is 5.02. The number of methoxy groups -OCH3 is 2. The summed E-state index contributed by atoms with van der Waals surface area (Å²) in [5.74, 6) is 2.76. The highest BCUT2D eigenvalue weighted by molar-refractivity contribution is 5.61. The molecule has 1 aliphatic rings. The van der Waals surface area contributed by atoms with Crippen molar-refractivity contribution in [1.82, 2.24) is 4.98 Å². The molecule has 2 aromatic rings. The molecule has 0 aliphatic heterocycles. The predicted octanol–water partition coefficient (Wildman–Crippen LogP) is 4.64. The van der Waals surface area contributed by atoms with Crippen LogP contribution in [-0.2, 0) is 0 Å². The van der Waals surface area contributed by atoms with Crippen LogP contribution in [0.15, 0.2) is 36.5 Å². The van der Waals surface area contributed by atoms with Gasteiger partial charge in [0.05, 0.1) is 26.5 Å². The molecule has 5 heteroatoms. The van der Waals surface area contributed by atoms with E-state index in [4.69, 9.17) is 14.2 Å². The molecule has 0 amide bonds. The first-order valence-corrected chi connectivity index (χ1v) is 9.31. The third kappa shape index (κ3) is 4.21. The lowest BCUT2D eigenvalue weighted by Gasteiger charge is -2.30. The van der Waals surface area contributed by atoms with Gasteiger partial charge in [-0.25, -0.2) is 4.98 Å². The number of nitrogens with one attached hydrogen (secondary N) is 1. The minimum atomic E-state index is 0.440. The van der Waals surface area contributed by atoms with Crippen LogP contribution in [0.3, 0.4) is 0 Å². The van der Waals surface area contributed by atoms with Gasteiger partial charge in [0.15, 0.2) is 0 Å². The zero-order valence-electron chi connectivity index (χ0n) is 15.8. The predicted molar refractivity (Wildman–Crippen MR) is 104 cm³/mol. The lowest BCUT2D eigenvalue weighted by molar-refractivity contribution is 0.339. The molecule has 0 saturated heterocycles. The summed E-state index contributed by atoms with van der Waals surface area (Å²) in [5.41, 5.74) is 2.36. The van der Waals surface area contributed by atoms with E-state index >= 15 is 0 Å². The summed E-state index contributed by atoms with van der Waals surface area (Å²) < 4.78 is 16.3. The van der Waals surface area contributed by atoms with E-state index in [9.17, 15) is 0 Å². The van der Waals surface area contributed by atoms with Crippen LogP contribution in [-0.4, -0.2) is 31.9 Å². The number of benzene rings is 1. The summed E-state index contributed by atoms with van der Waals surface area (Å²) in [6, 6.07) is 11.0. The van der Waals surface area contributed by atoms with Gasteiger partial charge in [0.25, 0.3) is 5.88 Å². The minimum absolute atomic E-state index is 0.440. The molecule has 0 bridgehead atoms. The van der Waals surface area contributed by atoms with E-state index in [1.807, 2.05) is 13.0 Å². The Hall–Kier alpha value is -2.43. The third-order valence-electron chi connectivity index (χ3n) is 5.02. The normalized spacial score (nSPS) is 19.7. The van der Waals surface area contributed by atoms with Crippen LogP contribution in [0.4, 0.5) is 5.69 Å². The second kappa shape index (κ2) is 8.79. The molecule has 0 atom stereocenters. The highest BCUT2D eigenvalue weighted by Gasteiger charge is 2.23. The molecule has 1 aliphatic carbocycles. The number of pyridine rings is 1. The van der Waals surface area contributed by atoms with E-state index in [1.165, 1.54) is 18.4 Å². The second-order valence-corrected chi connectivity index (χ2v) is 6.60. The molecule has 1 fully saturated rings. The first-order valence-electron chi connectivity index (χ1n) is 9.31. The van der Waals surface area contributed by atoms with Gasteiger partial charge in [-0.05, 0) is 62.3 Å². The molecule has 1 N–H and O–H groups in total. The summed E-state index contributed by atoms with van der Waals surface area (Å²) in [7, 11) is 3.25. The Kier molecular flexibility index (Phi) is 6.21. The minimum Gasteiger partial charge on any atom is -0.494 e. The van der Waals surface area contributed by atoms with E-state index < -0.39 is 0 Å². The van der Waals surface area contributed by atoms with Crippen molar-refractivity contribution in [3.8, 4) is 17.4 Å². The zero-order chi connectivity index (χ0) is 18.4. The summed E-state index contributed by atoms with van der Waals surface area (Å²) in [5, 5.41) is 3.61. The lowest BCUT2D eigenvalue weighted by atomic mass is 9.81. The maximum Gasteiger partial charge on any atom is 0.258 e. The number of hydrogen-bond donors (Lipinski definition) is 1. The Labute approximate surface area is 155 Å². The number of rotatable bonds is 7. The van der Waals surface area contributed by atoms with Gasteiger partial charge >= 0.3 is 0 Å². The molecule has 0 unspecified atom stereocenters. The molecular formula is C21H28N2O3. The first-order chi connectivity index (χ1) is 12.7. The average Bonchev–Trinajstić information content (AvgIpc) is 2.69. The fourth-order valence-electron chi connectivity index (χ4n) is 3.68. The molecule has 1 aromatic heterocycles. The summed E-state index contributed by atoms with van der Waals surface area (Å²) in [4.78, 5) is 4.20. The van der Waals surface area contributed by atoms with Crippen molar-refractivity contribution in [1.29, 1.82) is 0 Å². The van der Waals surface area contributed by atoms with Crippen LogP contribution >= 0.6 is 0 Å². The van der Waals surface area contributed by atoms with Crippen LogP contribution in [0.1, 0.15) is 44.1 Å². The molecule has 0 spiro atoms. The van der Waals surface area contributed by atoms with Gasteiger partial charge in [0.1, 0.15) is 5.75 Å². The van der Waals surface area contributed by atoms with Crippen molar-refractivity contribution < 1.29 is 14.2 Å². The van der Waals surface area contributed by atoms with Gasteiger partial charge in [-0.2, -0.15) is 0 Å². The van der Waals surface area contributed by atoms with Crippen molar-refractivity contribution in [2.24, 2.45) is 0 Å². The van der Waals surface area contributed by atoms with Crippen LogP contribution < -0.4 is 19.5 Å². The van der Waals surface area contributed by atoms with Crippen LogP contribution in [0.2, 0.25) is 0 Å². The standard InChI is InChI=1S/C21H28N2O3/c1-4-26-18-11-7-16(8-12-18)15-5-9-17(10-6-15)23-19-13-14-22-21(25-3)20(19)24-2/h7-8,11-15,17H,4-6,9-10H2,1-3H3,(H,22,23). The Balaban J connectivity index is 1.59. The number of nitrogens with zero attached hydrogens (tertiary/aromatic N) is 1. The van der Waals surface area contributed by atoms with Gasteiger partial charge in [-0.15, -0.1) is 0 Å². The van der Waals surface area contributed by atoms with E-state index in [0.717, 1.165) is 24.3 Å². The van der Waals surface area contributed by atoms with Gasteiger partial charge < -0.3 is 19.5 Å². The number of anilines is 1. The van der Waals surface area contributed by atoms with Crippen LogP contribution in [0.25, 0.3) is 0 Å². The van der Waals surface area contributed by atoms with Crippen molar-refractivity contribution in [2.45, 2.75) is 44.6 Å². The zero-order valence-corrected chi connectivity index (χ0v) is 15.8. The monoisotopic (exact) mass is 356 g/mol. The molecule has 3 rings (SSSR count). The highest BCUT2D eigenvalue weighted by atomic mass is 16.5. The molecule has 26 heavy (non-hydrogen) atoms. The molecule has 5 nitrogen and oxygen atoms in total. The second-order valence-electron chi connectivity index (χ2n) is 6.60. The van der Waals surface area contributed by atoms with Gasteiger partial charge in [-0.1, -0.05) is 12.1 Å². The van der Waals surface area contributed by atoms with Crippen molar-refractivity contribution in [2.75, 3.05) is 26.1 Å². The van der Waals surface area contributed by atoms with Gasteiger partial charge in [0.2, 0.25) is 5.75 Å². The topological polar surface area (TPSA) is 52.6 Å². The van der Waals surface area contributed by atoms with E-state index in [0.29, 0.717) is 30.2 Å². The molecule has 1 heterocycles. The van der Waals surface area contributed by atoms with E-state index in [1.54, 1.807) is 20.4 Å². The quantitative estimate of drug-likeness (QED) is 0.783. The van der Waals surface area contributed by atoms with Crippen LogP contribution in [0.5, 0.6) is 17.4 Å². The number of hydrogen-bond acceptors (Lipinski definition) is 5. The molecule has 0 radical (unpaired) electrons. The Morgan fingerprint density at radius 1 is 1.00 bits per heavy atom. The Bertz CT molecular complexity index is 695. The highest BCUT2D eigenvalue weighted by Crippen LogP contribution is 2.37. The average molecular weight is 356 g/mol. The summed E-state index contributed by atoms with van der Waals surface area (Å²) in [6.45, 7) is 2.72.